The van der Waals surface area contributed by atoms with E-state index in [1.165, 1.54) is 0 Å². The van der Waals surface area contributed by atoms with Crippen LogP contribution in [0.15, 0.2) is 53.1 Å². The molecule has 4 rings (SSSR count). The van der Waals surface area contributed by atoms with Crippen molar-refractivity contribution in [2.24, 2.45) is 0 Å². The van der Waals surface area contributed by atoms with Gasteiger partial charge in [-0.1, -0.05) is 30.6 Å². The predicted molar refractivity (Wildman–Crippen MR) is 116 cm³/mol. The number of ether oxygens (including phenoxy) is 2. The summed E-state index contributed by atoms with van der Waals surface area (Å²) in [7, 11) is 1.64. The summed E-state index contributed by atoms with van der Waals surface area (Å²) in [5.74, 6) is 2.68. The summed E-state index contributed by atoms with van der Waals surface area (Å²) in [6.45, 7) is 3.98. The molecule has 7 nitrogen and oxygen atoms in total. The van der Waals surface area contributed by atoms with E-state index < -0.39 is 0 Å². The summed E-state index contributed by atoms with van der Waals surface area (Å²) in [4.78, 5) is 18.9. The second-order valence-corrected chi connectivity index (χ2v) is 7.71. The van der Waals surface area contributed by atoms with E-state index in [2.05, 4.69) is 17.1 Å². The Bertz CT molecular complexity index is 998. The molecule has 0 spiro atoms. The first-order valence-corrected chi connectivity index (χ1v) is 10.6. The summed E-state index contributed by atoms with van der Waals surface area (Å²) in [5, 5.41) is 4.14. The van der Waals surface area contributed by atoms with E-state index in [0.717, 1.165) is 35.5 Å². The van der Waals surface area contributed by atoms with E-state index in [9.17, 15) is 4.79 Å². The number of benzene rings is 2. The predicted octanol–water partition coefficient (Wildman–Crippen LogP) is 4.44. The van der Waals surface area contributed by atoms with Gasteiger partial charge in [-0.15, -0.1) is 0 Å². The second-order valence-electron chi connectivity index (χ2n) is 7.71. The fourth-order valence-corrected chi connectivity index (χ4v) is 3.60. The zero-order valence-corrected chi connectivity index (χ0v) is 17.9. The Kier molecular flexibility index (Phi) is 6.50. The van der Waals surface area contributed by atoms with Gasteiger partial charge in [0, 0.05) is 31.0 Å². The van der Waals surface area contributed by atoms with Crippen LogP contribution in [0.5, 0.6) is 11.5 Å². The molecule has 1 fully saturated rings. The molecule has 162 valence electrons. The molecule has 1 unspecified atom stereocenters. The van der Waals surface area contributed by atoms with Gasteiger partial charge >= 0.3 is 0 Å². The molecular weight excluding hydrogens is 394 g/mol. The van der Waals surface area contributed by atoms with Gasteiger partial charge in [0.15, 0.2) is 5.82 Å². The van der Waals surface area contributed by atoms with Gasteiger partial charge in [-0.25, -0.2) is 0 Å². The van der Waals surface area contributed by atoms with Crippen molar-refractivity contribution in [2.45, 2.75) is 38.6 Å². The molecule has 0 aliphatic carbocycles. The van der Waals surface area contributed by atoms with Crippen molar-refractivity contribution in [1.29, 1.82) is 0 Å². The third kappa shape index (κ3) is 5.05. The first kappa shape index (κ1) is 20.9. The fraction of sp³-hybridized carbons (Fsp3) is 0.375. The zero-order chi connectivity index (χ0) is 21.6. The molecule has 0 radical (unpaired) electrons. The van der Waals surface area contributed by atoms with Gasteiger partial charge in [0.05, 0.1) is 13.7 Å². The maximum Gasteiger partial charge on any atom is 0.257 e. The second kappa shape index (κ2) is 9.64. The summed E-state index contributed by atoms with van der Waals surface area (Å²) in [5.41, 5.74) is 1.89. The Balaban J connectivity index is 1.38. The molecule has 31 heavy (non-hydrogen) atoms. The van der Waals surface area contributed by atoms with Gasteiger partial charge in [0.1, 0.15) is 11.5 Å². The zero-order valence-electron chi connectivity index (χ0n) is 17.9. The van der Waals surface area contributed by atoms with Crippen LogP contribution in [0.3, 0.4) is 0 Å². The van der Waals surface area contributed by atoms with E-state index >= 15 is 0 Å². The normalized spacial score (nSPS) is 16.0. The third-order valence-electron chi connectivity index (χ3n) is 5.42. The van der Waals surface area contributed by atoms with Crippen molar-refractivity contribution in [3.8, 4) is 23.0 Å². The van der Waals surface area contributed by atoms with Crippen LogP contribution < -0.4 is 9.47 Å². The van der Waals surface area contributed by atoms with Gasteiger partial charge in [-0.05, 0) is 48.4 Å². The highest BCUT2D eigenvalue weighted by atomic mass is 16.5. The van der Waals surface area contributed by atoms with Crippen LogP contribution >= 0.6 is 0 Å². The van der Waals surface area contributed by atoms with Crippen molar-refractivity contribution >= 4 is 5.91 Å². The van der Waals surface area contributed by atoms with Crippen molar-refractivity contribution in [2.75, 3.05) is 20.3 Å². The van der Waals surface area contributed by atoms with Gasteiger partial charge < -0.3 is 18.9 Å². The number of nitrogens with zero attached hydrogens (tertiary/aromatic N) is 3. The summed E-state index contributed by atoms with van der Waals surface area (Å²) in [6.07, 6.45) is 2.52. The summed E-state index contributed by atoms with van der Waals surface area (Å²) < 4.78 is 16.4. The van der Waals surface area contributed by atoms with E-state index in [1.54, 1.807) is 7.11 Å². The molecule has 0 bridgehead atoms. The molecular formula is C24H27N3O4. The first-order valence-electron chi connectivity index (χ1n) is 10.6. The van der Waals surface area contributed by atoms with Crippen molar-refractivity contribution < 1.29 is 18.8 Å². The smallest absolute Gasteiger partial charge is 0.257 e. The molecule has 1 aliphatic rings. The maximum atomic E-state index is 12.5. The van der Waals surface area contributed by atoms with Gasteiger partial charge in [0.25, 0.3) is 5.89 Å². The number of methoxy groups -OCH3 is 1. The monoisotopic (exact) mass is 421 g/mol. The number of amides is 1. The standard InChI is InChI=1S/C24H27N3O4/c1-3-4-13-30-21-11-7-18(8-12-21)24-25-23(26-31-24)19-14-22(28)27(16-19)15-17-5-9-20(29-2)10-6-17/h5-12,19H,3-4,13-16H2,1-2H3. The van der Waals surface area contributed by atoms with Gasteiger partial charge in [-0.2, -0.15) is 4.98 Å². The van der Waals surface area contributed by atoms with Crippen LogP contribution in [0, 0.1) is 0 Å². The Labute approximate surface area is 182 Å². The number of carbonyl (C=O) groups is 1. The number of hydrogen-bond acceptors (Lipinski definition) is 6. The molecule has 1 aromatic heterocycles. The lowest BCUT2D eigenvalue weighted by Crippen LogP contribution is -2.24. The quantitative estimate of drug-likeness (QED) is 0.475. The molecule has 1 amide bonds. The largest absolute Gasteiger partial charge is 0.497 e. The molecule has 0 N–H and O–H groups in total. The highest BCUT2D eigenvalue weighted by molar-refractivity contribution is 5.79. The van der Waals surface area contributed by atoms with Crippen LogP contribution in [0.1, 0.15) is 43.5 Å². The molecule has 1 atom stereocenters. The van der Waals surface area contributed by atoms with Crippen molar-refractivity contribution in [3.05, 3.63) is 59.9 Å². The number of rotatable bonds is 9. The van der Waals surface area contributed by atoms with Crippen LogP contribution in [-0.2, 0) is 11.3 Å². The molecule has 3 aromatic rings. The van der Waals surface area contributed by atoms with Crippen LogP contribution in [-0.4, -0.2) is 41.2 Å². The van der Waals surface area contributed by atoms with E-state index in [4.69, 9.17) is 14.0 Å². The lowest BCUT2D eigenvalue weighted by Gasteiger charge is -2.16. The van der Waals surface area contributed by atoms with E-state index in [1.807, 2.05) is 53.4 Å². The van der Waals surface area contributed by atoms with Crippen LogP contribution in [0.25, 0.3) is 11.5 Å². The lowest BCUT2D eigenvalue weighted by atomic mass is 10.1. The Morgan fingerprint density at radius 1 is 1.10 bits per heavy atom. The highest BCUT2D eigenvalue weighted by Gasteiger charge is 2.33. The topological polar surface area (TPSA) is 77.7 Å². The highest BCUT2D eigenvalue weighted by Crippen LogP contribution is 2.30. The molecule has 0 saturated carbocycles. The Morgan fingerprint density at radius 3 is 2.55 bits per heavy atom. The fourth-order valence-electron chi connectivity index (χ4n) is 3.60. The minimum Gasteiger partial charge on any atom is -0.497 e. The lowest BCUT2D eigenvalue weighted by molar-refractivity contribution is -0.128. The minimum atomic E-state index is -0.0695. The maximum absolute atomic E-state index is 12.5. The average Bonchev–Trinajstić information content (AvgIpc) is 3.42. The first-order chi connectivity index (χ1) is 15.2. The van der Waals surface area contributed by atoms with Crippen LogP contribution in [0.4, 0.5) is 0 Å². The molecule has 2 aromatic carbocycles. The Hall–Kier alpha value is -3.35. The SMILES string of the molecule is CCCCOc1ccc(-c2nc(C3CC(=O)N(Cc4ccc(OC)cc4)C3)no2)cc1. The number of unbranched alkanes of at least 4 members (excludes halogenated alkanes) is 1. The average molecular weight is 421 g/mol. The van der Waals surface area contributed by atoms with Crippen molar-refractivity contribution in [1.82, 2.24) is 15.0 Å². The van der Waals surface area contributed by atoms with Gasteiger partial charge in [0.2, 0.25) is 5.91 Å². The summed E-state index contributed by atoms with van der Waals surface area (Å²) >= 11 is 0. The third-order valence-corrected chi connectivity index (χ3v) is 5.42. The molecule has 2 heterocycles. The Morgan fingerprint density at radius 2 is 1.84 bits per heavy atom. The van der Waals surface area contributed by atoms with E-state index in [0.29, 0.717) is 37.8 Å². The number of aromatic nitrogens is 2. The number of likely N-dealkylation sites (tertiary alicyclic amines) is 1. The number of carbonyl (C=O) groups excluding carboxylic acids is 1. The van der Waals surface area contributed by atoms with Gasteiger partial charge in [-0.3, -0.25) is 4.79 Å². The van der Waals surface area contributed by atoms with Crippen LogP contribution in [0.2, 0.25) is 0 Å². The molecule has 1 saturated heterocycles. The molecule has 1 aliphatic heterocycles. The van der Waals surface area contributed by atoms with E-state index in [-0.39, 0.29) is 11.8 Å². The number of hydrogen-bond donors (Lipinski definition) is 0. The molecule has 7 heteroatoms. The summed E-state index contributed by atoms with van der Waals surface area (Å²) in [6, 6.07) is 15.4. The van der Waals surface area contributed by atoms with Crippen molar-refractivity contribution in [3.63, 3.8) is 0 Å². The minimum absolute atomic E-state index is 0.0695.